The highest BCUT2D eigenvalue weighted by molar-refractivity contribution is 7.92. The molecule has 1 atom stereocenters. The first-order chi connectivity index (χ1) is 14.3. The average Bonchev–Trinajstić information content (AvgIpc) is 3.20. The summed E-state index contributed by atoms with van der Waals surface area (Å²) in [7, 11) is -3.80. The number of aromatic nitrogens is 2. The van der Waals surface area contributed by atoms with Crippen LogP contribution >= 0.6 is 0 Å². The quantitative estimate of drug-likeness (QED) is 0.587. The van der Waals surface area contributed by atoms with Gasteiger partial charge in [0.1, 0.15) is 11.9 Å². The Morgan fingerprint density at radius 2 is 1.83 bits per heavy atom. The van der Waals surface area contributed by atoms with Crippen LogP contribution in [0.4, 0.5) is 10.1 Å². The SMILES string of the molecule is CCC(C(=O)NCc1nc(-c2ccccc2)no1)N(c1ccc(F)cc1)S(C)(=O)=O. The number of benzene rings is 2. The summed E-state index contributed by atoms with van der Waals surface area (Å²) in [6.07, 6.45) is 1.20. The molecule has 3 aromatic rings. The third-order valence-corrected chi connectivity index (χ3v) is 5.50. The molecule has 1 unspecified atom stereocenters. The Balaban J connectivity index is 1.75. The molecule has 1 heterocycles. The predicted octanol–water partition coefficient (Wildman–Crippen LogP) is 2.74. The Hall–Kier alpha value is -3.27. The van der Waals surface area contributed by atoms with Gasteiger partial charge in [-0.15, -0.1) is 0 Å². The van der Waals surface area contributed by atoms with Gasteiger partial charge in [-0.2, -0.15) is 4.98 Å². The summed E-state index contributed by atoms with van der Waals surface area (Å²) in [4.78, 5) is 17.0. The zero-order valence-electron chi connectivity index (χ0n) is 16.4. The second-order valence-electron chi connectivity index (χ2n) is 6.55. The molecule has 0 radical (unpaired) electrons. The Bertz CT molecular complexity index is 1100. The second kappa shape index (κ2) is 9.04. The Morgan fingerprint density at radius 1 is 1.17 bits per heavy atom. The molecular weight excluding hydrogens is 411 g/mol. The van der Waals surface area contributed by atoms with E-state index in [1.54, 1.807) is 6.92 Å². The van der Waals surface area contributed by atoms with E-state index in [1.807, 2.05) is 30.3 Å². The molecule has 0 fully saturated rings. The van der Waals surface area contributed by atoms with Crippen molar-refractivity contribution in [3.05, 3.63) is 66.3 Å². The smallest absolute Gasteiger partial charge is 0.246 e. The maximum absolute atomic E-state index is 13.3. The molecule has 1 amide bonds. The summed E-state index contributed by atoms with van der Waals surface area (Å²) in [5.74, 6) is -0.470. The van der Waals surface area contributed by atoms with Gasteiger partial charge in [0.15, 0.2) is 0 Å². The van der Waals surface area contributed by atoms with Gasteiger partial charge in [-0.1, -0.05) is 42.4 Å². The molecule has 8 nitrogen and oxygen atoms in total. The van der Waals surface area contributed by atoms with E-state index in [4.69, 9.17) is 4.52 Å². The molecule has 0 aliphatic rings. The van der Waals surface area contributed by atoms with Gasteiger partial charge in [0.05, 0.1) is 18.5 Å². The molecular formula is C20H21FN4O4S. The van der Waals surface area contributed by atoms with Gasteiger partial charge in [-0.25, -0.2) is 12.8 Å². The minimum atomic E-state index is -3.80. The first-order valence-corrected chi connectivity index (χ1v) is 11.0. The molecule has 0 aliphatic carbocycles. The lowest BCUT2D eigenvalue weighted by atomic mass is 10.2. The summed E-state index contributed by atoms with van der Waals surface area (Å²) in [6, 6.07) is 13.1. The van der Waals surface area contributed by atoms with Crippen LogP contribution in [0.2, 0.25) is 0 Å². The lowest BCUT2D eigenvalue weighted by Gasteiger charge is -2.29. The molecule has 1 N–H and O–H groups in total. The number of nitrogens with zero attached hydrogens (tertiary/aromatic N) is 3. The van der Waals surface area contributed by atoms with Crippen LogP contribution in [0.5, 0.6) is 0 Å². The van der Waals surface area contributed by atoms with Gasteiger partial charge in [0.2, 0.25) is 27.6 Å². The highest BCUT2D eigenvalue weighted by Crippen LogP contribution is 2.23. The number of anilines is 1. The van der Waals surface area contributed by atoms with Crippen LogP contribution in [-0.4, -0.2) is 36.8 Å². The van der Waals surface area contributed by atoms with Gasteiger partial charge in [-0.05, 0) is 30.7 Å². The third kappa shape index (κ3) is 5.01. The van der Waals surface area contributed by atoms with Crippen LogP contribution in [0.1, 0.15) is 19.2 Å². The zero-order chi connectivity index (χ0) is 21.7. The van der Waals surface area contributed by atoms with E-state index in [9.17, 15) is 17.6 Å². The maximum Gasteiger partial charge on any atom is 0.246 e. The van der Waals surface area contributed by atoms with E-state index >= 15 is 0 Å². The number of carbonyl (C=O) groups excluding carboxylic acids is 1. The van der Waals surface area contributed by atoms with Crippen LogP contribution in [0.3, 0.4) is 0 Å². The van der Waals surface area contributed by atoms with Crippen molar-refractivity contribution in [1.29, 1.82) is 0 Å². The van der Waals surface area contributed by atoms with Gasteiger partial charge in [0, 0.05) is 5.56 Å². The zero-order valence-corrected chi connectivity index (χ0v) is 17.3. The lowest BCUT2D eigenvalue weighted by Crippen LogP contribution is -2.49. The van der Waals surface area contributed by atoms with Crippen LogP contribution in [0, 0.1) is 5.82 Å². The summed E-state index contributed by atoms with van der Waals surface area (Å²) < 4.78 is 44.1. The molecule has 10 heteroatoms. The molecule has 1 aromatic heterocycles. The fraction of sp³-hybridized carbons (Fsp3) is 0.250. The van der Waals surface area contributed by atoms with E-state index in [-0.39, 0.29) is 24.5 Å². The standard InChI is InChI=1S/C20H21FN4O4S/c1-3-17(25(30(2,27)28)16-11-9-15(21)10-12-16)20(26)22-13-18-23-19(24-29-18)14-7-5-4-6-8-14/h4-12,17H,3,13H2,1-2H3,(H,22,26). The van der Waals surface area contributed by atoms with Crippen molar-refractivity contribution in [2.24, 2.45) is 0 Å². The lowest BCUT2D eigenvalue weighted by molar-refractivity contribution is -0.122. The monoisotopic (exact) mass is 432 g/mol. The highest BCUT2D eigenvalue weighted by Gasteiger charge is 2.31. The number of hydrogen-bond donors (Lipinski definition) is 1. The van der Waals surface area contributed by atoms with Crippen molar-refractivity contribution in [2.45, 2.75) is 25.9 Å². The number of carbonyl (C=O) groups is 1. The van der Waals surface area contributed by atoms with E-state index in [0.29, 0.717) is 5.82 Å². The van der Waals surface area contributed by atoms with Crippen molar-refractivity contribution >= 4 is 21.6 Å². The van der Waals surface area contributed by atoms with Crippen LogP contribution in [0.25, 0.3) is 11.4 Å². The van der Waals surface area contributed by atoms with Crippen molar-refractivity contribution in [2.75, 3.05) is 10.6 Å². The van der Waals surface area contributed by atoms with Crippen LogP contribution in [0.15, 0.2) is 59.1 Å². The highest BCUT2D eigenvalue weighted by atomic mass is 32.2. The minimum Gasteiger partial charge on any atom is -0.345 e. The van der Waals surface area contributed by atoms with Crippen LogP contribution < -0.4 is 9.62 Å². The summed E-state index contributed by atoms with van der Waals surface area (Å²) in [6.45, 7) is 1.63. The van der Waals surface area contributed by atoms with Crippen LogP contribution in [-0.2, 0) is 21.4 Å². The first kappa shape index (κ1) is 21.4. The number of halogens is 1. The van der Waals surface area contributed by atoms with E-state index in [0.717, 1.165) is 28.3 Å². The average molecular weight is 432 g/mol. The Kier molecular flexibility index (Phi) is 6.46. The van der Waals surface area contributed by atoms with E-state index < -0.39 is 27.8 Å². The summed E-state index contributed by atoms with van der Waals surface area (Å²) in [5, 5.41) is 6.51. The molecule has 2 aromatic carbocycles. The molecule has 0 saturated heterocycles. The van der Waals surface area contributed by atoms with Gasteiger partial charge >= 0.3 is 0 Å². The van der Waals surface area contributed by atoms with Gasteiger partial charge in [-0.3, -0.25) is 9.10 Å². The topological polar surface area (TPSA) is 105 Å². The first-order valence-electron chi connectivity index (χ1n) is 9.20. The van der Waals surface area contributed by atoms with E-state index in [1.165, 1.54) is 12.1 Å². The van der Waals surface area contributed by atoms with Crippen molar-refractivity contribution in [3.63, 3.8) is 0 Å². The molecule has 30 heavy (non-hydrogen) atoms. The predicted molar refractivity (Wildman–Crippen MR) is 109 cm³/mol. The number of nitrogens with one attached hydrogen (secondary N) is 1. The third-order valence-electron chi connectivity index (χ3n) is 4.32. The number of hydrogen-bond acceptors (Lipinski definition) is 6. The van der Waals surface area contributed by atoms with E-state index in [2.05, 4.69) is 15.5 Å². The van der Waals surface area contributed by atoms with Gasteiger partial charge < -0.3 is 9.84 Å². The van der Waals surface area contributed by atoms with Crippen molar-refractivity contribution in [3.8, 4) is 11.4 Å². The largest absolute Gasteiger partial charge is 0.345 e. The Morgan fingerprint density at radius 3 is 2.43 bits per heavy atom. The molecule has 0 saturated carbocycles. The number of rotatable bonds is 8. The number of amides is 1. The van der Waals surface area contributed by atoms with Crippen molar-refractivity contribution < 1.29 is 22.1 Å². The maximum atomic E-state index is 13.3. The second-order valence-corrected chi connectivity index (χ2v) is 8.41. The van der Waals surface area contributed by atoms with Crippen molar-refractivity contribution in [1.82, 2.24) is 15.5 Å². The minimum absolute atomic E-state index is 0.0593. The molecule has 158 valence electrons. The normalized spacial score (nSPS) is 12.4. The fourth-order valence-corrected chi connectivity index (χ4v) is 4.17. The Labute approximate surface area is 173 Å². The molecule has 3 rings (SSSR count). The molecule has 0 aliphatic heterocycles. The molecule has 0 bridgehead atoms. The molecule has 0 spiro atoms. The van der Waals surface area contributed by atoms with Gasteiger partial charge in [0.25, 0.3) is 0 Å². The summed E-state index contributed by atoms with van der Waals surface area (Å²) >= 11 is 0. The number of sulfonamides is 1. The summed E-state index contributed by atoms with van der Waals surface area (Å²) in [5.41, 5.74) is 0.967. The fourth-order valence-electron chi connectivity index (χ4n) is 2.96.